The molecule has 1 atom stereocenters. The van der Waals surface area contributed by atoms with Crippen LogP contribution in [-0.2, 0) is 4.79 Å². The number of carbonyl (C=O) groups excluding carboxylic acids is 2. The third-order valence-corrected chi connectivity index (χ3v) is 3.82. The maximum atomic E-state index is 12.5. The summed E-state index contributed by atoms with van der Waals surface area (Å²) in [6.45, 7) is 0.777. The Labute approximate surface area is 134 Å². The second-order valence-corrected chi connectivity index (χ2v) is 5.83. The smallest absolute Gasteiger partial charge is 0.321 e. The molecule has 7 nitrogen and oxygen atoms in total. The molecule has 2 rings (SSSR count). The molecule has 1 heterocycles. The van der Waals surface area contributed by atoms with Crippen LogP contribution in [0.1, 0.15) is 23.2 Å². The predicted octanol–water partition coefficient (Wildman–Crippen LogP) is 1.72. The number of urea groups is 1. The van der Waals surface area contributed by atoms with Crippen LogP contribution in [0.4, 0.5) is 10.5 Å². The second kappa shape index (κ2) is 7.13. The molecular formula is C16H21N3O4. The van der Waals surface area contributed by atoms with Crippen molar-refractivity contribution < 1.29 is 19.5 Å². The Morgan fingerprint density at radius 1 is 1.30 bits per heavy atom. The molecule has 1 aliphatic heterocycles. The number of rotatable bonds is 3. The molecule has 1 aliphatic rings. The number of carbonyl (C=O) groups is 3. The fourth-order valence-electron chi connectivity index (χ4n) is 2.51. The molecule has 1 aromatic rings. The van der Waals surface area contributed by atoms with Crippen LogP contribution in [0.15, 0.2) is 24.3 Å². The van der Waals surface area contributed by atoms with Crippen molar-refractivity contribution in [2.24, 2.45) is 5.92 Å². The molecule has 0 radical (unpaired) electrons. The number of aliphatic carboxylic acids is 1. The van der Waals surface area contributed by atoms with E-state index in [0.717, 1.165) is 0 Å². The number of benzene rings is 1. The van der Waals surface area contributed by atoms with Gasteiger partial charge in [0.05, 0.1) is 5.92 Å². The molecule has 2 N–H and O–H groups in total. The maximum Gasteiger partial charge on any atom is 0.321 e. The van der Waals surface area contributed by atoms with Gasteiger partial charge in [-0.15, -0.1) is 0 Å². The molecule has 1 saturated heterocycles. The molecule has 1 unspecified atom stereocenters. The van der Waals surface area contributed by atoms with E-state index in [4.69, 9.17) is 5.11 Å². The SMILES string of the molecule is CN(C)C(=O)Nc1cccc(C(=O)N2CCCC(C(=O)O)C2)c1. The van der Waals surface area contributed by atoms with Crippen LogP contribution in [0.2, 0.25) is 0 Å². The van der Waals surface area contributed by atoms with Crippen molar-refractivity contribution in [1.29, 1.82) is 0 Å². The van der Waals surface area contributed by atoms with Gasteiger partial charge in [0.1, 0.15) is 0 Å². The molecule has 3 amide bonds. The normalized spacial score (nSPS) is 17.5. The number of anilines is 1. The summed E-state index contributed by atoms with van der Waals surface area (Å²) in [6.07, 6.45) is 1.28. The van der Waals surface area contributed by atoms with Gasteiger partial charge in [0.2, 0.25) is 0 Å². The van der Waals surface area contributed by atoms with Crippen LogP contribution in [0, 0.1) is 5.92 Å². The highest BCUT2D eigenvalue weighted by atomic mass is 16.4. The van der Waals surface area contributed by atoms with Crippen molar-refractivity contribution in [3.8, 4) is 0 Å². The summed E-state index contributed by atoms with van der Waals surface area (Å²) in [5.74, 6) is -1.59. The van der Waals surface area contributed by atoms with Crippen molar-refractivity contribution in [3.05, 3.63) is 29.8 Å². The number of likely N-dealkylation sites (tertiary alicyclic amines) is 1. The molecule has 0 spiro atoms. The van der Waals surface area contributed by atoms with Gasteiger partial charge in [-0.2, -0.15) is 0 Å². The lowest BCUT2D eigenvalue weighted by Gasteiger charge is -2.30. The van der Waals surface area contributed by atoms with E-state index in [2.05, 4.69) is 5.32 Å². The van der Waals surface area contributed by atoms with Crippen molar-refractivity contribution >= 4 is 23.6 Å². The molecule has 1 fully saturated rings. The molecule has 23 heavy (non-hydrogen) atoms. The molecular weight excluding hydrogens is 298 g/mol. The fourth-order valence-corrected chi connectivity index (χ4v) is 2.51. The van der Waals surface area contributed by atoms with E-state index in [1.807, 2.05) is 0 Å². The largest absolute Gasteiger partial charge is 0.481 e. The summed E-state index contributed by atoms with van der Waals surface area (Å²) < 4.78 is 0. The Morgan fingerprint density at radius 2 is 2.04 bits per heavy atom. The Kier molecular flexibility index (Phi) is 5.20. The standard InChI is InChI=1S/C16H21N3O4/c1-18(2)16(23)17-13-7-3-5-11(9-13)14(20)19-8-4-6-12(10-19)15(21)22/h3,5,7,9,12H,4,6,8,10H2,1-2H3,(H,17,23)(H,21,22). The van der Waals surface area contributed by atoms with Crippen LogP contribution < -0.4 is 5.32 Å². The van der Waals surface area contributed by atoms with Crippen molar-refractivity contribution in [1.82, 2.24) is 9.80 Å². The van der Waals surface area contributed by atoms with Gasteiger partial charge < -0.3 is 20.2 Å². The molecule has 124 valence electrons. The quantitative estimate of drug-likeness (QED) is 0.887. The van der Waals surface area contributed by atoms with Crippen LogP contribution >= 0.6 is 0 Å². The Morgan fingerprint density at radius 3 is 2.70 bits per heavy atom. The van der Waals surface area contributed by atoms with Crippen molar-refractivity contribution in [2.75, 3.05) is 32.5 Å². The minimum atomic E-state index is -0.866. The van der Waals surface area contributed by atoms with Gasteiger partial charge in [0.25, 0.3) is 5.91 Å². The van der Waals surface area contributed by atoms with Gasteiger partial charge >= 0.3 is 12.0 Å². The highest BCUT2D eigenvalue weighted by Crippen LogP contribution is 2.20. The number of nitrogens with zero attached hydrogens (tertiary/aromatic N) is 2. The number of hydrogen-bond donors (Lipinski definition) is 2. The molecule has 7 heteroatoms. The first kappa shape index (κ1) is 16.8. The van der Waals surface area contributed by atoms with E-state index in [0.29, 0.717) is 30.6 Å². The zero-order valence-corrected chi connectivity index (χ0v) is 13.3. The number of carboxylic acids is 1. The number of carboxylic acid groups (broad SMARTS) is 1. The molecule has 0 aliphatic carbocycles. The molecule has 0 saturated carbocycles. The van der Waals surface area contributed by atoms with E-state index >= 15 is 0 Å². The first-order chi connectivity index (χ1) is 10.9. The number of nitrogens with one attached hydrogen (secondary N) is 1. The van der Waals surface area contributed by atoms with Crippen molar-refractivity contribution in [2.45, 2.75) is 12.8 Å². The van der Waals surface area contributed by atoms with Crippen LogP contribution in [0.3, 0.4) is 0 Å². The van der Waals surface area contributed by atoms with Crippen LogP contribution in [0.25, 0.3) is 0 Å². The summed E-state index contributed by atoms with van der Waals surface area (Å²) in [5, 5.41) is 11.8. The monoisotopic (exact) mass is 319 g/mol. The summed E-state index contributed by atoms with van der Waals surface area (Å²) in [5.41, 5.74) is 0.967. The van der Waals surface area contributed by atoms with Crippen molar-refractivity contribution in [3.63, 3.8) is 0 Å². The first-order valence-electron chi connectivity index (χ1n) is 7.49. The van der Waals surface area contributed by atoms with E-state index < -0.39 is 11.9 Å². The number of amides is 3. The van der Waals surface area contributed by atoms with Gasteiger partial charge in [-0.1, -0.05) is 6.07 Å². The first-order valence-corrected chi connectivity index (χ1v) is 7.49. The average Bonchev–Trinajstić information content (AvgIpc) is 2.54. The minimum absolute atomic E-state index is 0.211. The van der Waals surface area contributed by atoms with Gasteiger partial charge in [-0.25, -0.2) is 4.79 Å². The van der Waals surface area contributed by atoms with Gasteiger partial charge in [-0.3, -0.25) is 9.59 Å². The topological polar surface area (TPSA) is 90.0 Å². The molecule has 0 aromatic heterocycles. The lowest BCUT2D eigenvalue weighted by atomic mass is 9.97. The number of hydrogen-bond acceptors (Lipinski definition) is 3. The lowest BCUT2D eigenvalue weighted by molar-refractivity contribution is -0.143. The Bertz CT molecular complexity index is 615. The van der Waals surface area contributed by atoms with E-state index in [1.54, 1.807) is 43.3 Å². The number of piperidine rings is 1. The van der Waals surface area contributed by atoms with E-state index in [-0.39, 0.29) is 18.5 Å². The van der Waals surface area contributed by atoms with Crippen LogP contribution in [0.5, 0.6) is 0 Å². The molecule has 0 bridgehead atoms. The summed E-state index contributed by atoms with van der Waals surface area (Å²) in [7, 11) is 3.26. The predicted molar refractivity (Wildman–Crippen MR) is 85.4 cm³/mol. The summed E-state index contributed by atoms with van der Waals surface area (Å²) >= 11 is 0. The maximum absolute atomic E-state index is 12.5. The van der Waals surface area contributed by atoms with Crippen LogP contribution in [-0.4, -0.2) is 60.0 Å². The Balaban J connectivity index is 2.10. The van der Waals surface area contributed by atoms with Gasteiger partial charge in [-0.05, 0) is 31.0 Å². The zero-order chi connectivity index (χ0) is 17.0. The average molecular weight is 319 g/mol. The summed E-state index contributed by atoms with van der Waals surface area (Å²) in [4.78, 5) is 38.3. The highest BCUT2D eigenvalue weighted by Gasteiger charge is 2.28. The van der Waals surface area contributed by atoms with Gasteiger partial charge in [0, 0.05) is 38.4 Å². The zero-order valence-electron chi connectivity index (χ0n) is 13.3. The third-order valence-electron chi connectivity index (χ3n) is 3.82. The third kappa shape index (κ3) is 4.21. The Hall–Kier alpha value is -2.57. The van der Waals surface area contributed by atoms with Gasteiger partial charge in [0.15, 0.2) is 0 Å². The minimum Gasteiger partial charge on any atom is -0.481 e. The second-order valence-electron chi connectivity index (χ2n) is 5.83. The lowest BCUT2D eigenvalue weighted by Crippen LogP contribution is -2.42. The fraction of sp³-hybridized carbons (Fsp3) is 0.438. The summed E-state index contributed by atoms with van der Waals surface area (Å²) in [6, 6.07) is 6.39. The highest BCUT2D eigenvalue weighted by molar-refractivity contribution is 5.97. The molecule has 1 aromatic carbocycles. The van der Waals surface area contributed by atoms with E-state index in [1.165, 1.54) is 4.90 Å². The van der Waals surface area contributed by atoms with E-state index in [9.17, 15) is 14.4 Å².